The van der Waals surface area contributed by atoms with Gasteiger partial charge in [-0.05, 0) is 30.7 Å². The van der Waals surface area contributed by atoms with Crippen LogP contribution in [0.5, 0.6) is 0 Å². The second-order valence-corrected chi connectivity index (χ2v) is 5.22. The van der Waals surface area contributed by atoms with E-state index in [0.29, 0.717) is 10.7 Å². The largest absolute Gasteiger partial charge is 0.320 e. The molecule has 1 aromatic heterocycles. The summed E-state index contributed by atoms with van der Waals surface area (Å²) < 4.78 is 1.58. The molecule has 0 unspecified atom stereocenters. The lowest BCUT2D eigenvalue weighted by molar-refractivity contribution is -0.112. The van der Waals surface area contributed by atoms with E-state index >= 15 is 0 Å². The highest BCUT2D eigenvalue weighted by Gasteiger charge is 2.17. The Morgan fingerprint density at radius 1 is 1.43 bits per heavy atom. The summed E-state index contributed by atoms with van der Waals surface area (Å²) in [6.45, 7) is 3.36. The molecule has 2 heterocycles. The standard InChI is InChI=1S/C14H14ClN5O/c1-9(10-5-16-6-10)14(21)19-12-4-11(15)2-3-13(12)20-8-17-7-18-20/h2-4,7-8,16H,5-6H2,1H3,(H,19,21). The highest BCUT2D eigenvalue weighted by atomic mass is 35.5. The number of amides is 1. The Morgan fingerprint density at radius 2 is 2.24 bits per heavy atom. The topological polar surface area (TPSA) is 71.8 Å². The Morgan fingerprint density at radius 3 is 2.86 bits per heavy atom. The molecule has 7 heteroatoms. The molecule has 1 saturated heterocycles. The lowest BCUT2D eigenvalue weighted by atomic mass is 10.0. The average molecular weight is 304 g/mol. The Labute approximate surface area is 126 Å². The van der Waals surface area contributed by atoms with Gasteiger partial charge in [0.25, 0.3) is 5.91 Å². The zero-order valence-electron chi connectivity index (χ0n) is 11.4. The second-order valence-electron chi connectivity index (χ2n) is 4.79. The Hall–Kier alpha value is -2.18. The van der Waals surface area contributed by atoms with Crippen LogP contribution in [0.3, 0.4) is 0 Å². The van der Waals surface area contributed by atoms with Crippen LogP contribution in [0.25, 0.3) is 5.69 Å². The Bertz CT molecular complexity index is 702. The number of hydrogen-bond donors (Lipinski definition) is 2. The van der Waals surface area contributed by atoms with E-state index in [9.17, 15) is 4.79 Å². The minimum atomic E-state index is -0.130. The van der Waals surface area contributed by atoms with Crippen LogP contribution in [0.15, 0.2) is 42.0 Å². The minimum absolute atomic E-state index is 0.130. The van der Waals surface area contributed by atoms with Gasteiger partial charge in [0, 0.05) is 23.7 Å². The molecule has 1 aliphatic rings. The van der Waals surface area contributed by atoms with Gasteiger partial charge in [0.15, 0.2) is 0 Å². The van der Waals surface area contributed by atoms with Crippen LogP contribution < -0.4 is 10.6 Å². The monoisotopic (exact) mass is 303 g/mol. The molecule has 0 aliphatic carbocycles. The van der Waals surface area contributed by atoms with Crippen molar-refractivity contribution in [3.63, 3.8) is 0 Å². The quantitative estimate of drug-likeness (QED) is 0.848. The van der Waals surface area contributed by atoms with Crippen LogP contribution in [-0.4, -0.2) is 33.8 Å². The van der Waals surface area contributed by atoms with Crippen molar-refractivity contribution in [2.45, 2.75) is 6.92 Å². The highest BCUT2D eigenvalue weighted by Crippen LogP contribution is 2.24. The Kier molecular flexibility index (Phi) is 3.72. The van der Waals surface area contributed by atoms with Gasteiger partial charge in [-0.1, -0.05) is 11.6 Å². The summed E-state index contributed by atoms with van der Waals surface area (Å²) in [5.74, 6) is -0.130. The lowest BCUT2D eigenvalue weighted by Crippen LogP contribution is -2.36. The van der Waals surface area contributed by atoms with Crippen LogP contribution in [0.1, 0.15) is 6.92 Å². The van der Waals surface area contributed by atoms with Crippen LogP contribution in [0, 0.1) is 0 Å². The highest BCUT2D eigenvalue weighted by molar-refractivity contribution is 6.31. The van der Waals surface area contributed by atoms with Crippen molar-refractivity contribution in [3.05, 3.63) is 47.0 Å². The van der Waals surface area contributed by atoms with Crippen molar-refractivity contribution < 1.29 is 4.79 Å². The number of halogens is 1. The summed E-state index contributed by atoms with van der Waals surface area (Å²) in [7, 11) is 0. The van der Waals surface area contributed by atoms with Crippen LogP contribution in [0.2, 0.25) is 5.02 Å². The maximum atomic E-state index is 12.3. The van der Waals surface area contributed by atoms with Crippen LogP contribution >= 0.6 is 11.6 Å². The van der Waals surface area contributed by atoms with E-state index in [1.807, 2.05) is 6.92 Å². The van der Waals surface area contributed by atoms with Crippen molar-refractivity contribution in [2.75, 3.05) is 18.4 Å². The van der Waals surface area contributed by atoms with Crippen molar-refractivity contribution in [2.24, 2.45) is 0 Å². The van der Waals surface area contributed by atoms with Gasteiger partial charge in [-0.3, -0.25) is 4.79 Å². The fourth-order valence-electron chi connectivity index (χ4n) is 2.03. The first kappa shape index (κ1) is 13.8. The van der Waals surface area contributed by atoms with Crippen LogP contribution in [-0.2, 0) is 4.79 Å². The number of carbonyl (C=O) groups is 1. The van der Waals surface area contributed by atoms with Crippen molar-refractivity contribution in [1.29, 1.82) is 0 Å². The van der Waals surface area contributed by atoms with E-state index in [4.69, 9.17) is 11.6 Å². The van der Waals surface area contributed by atoms with E-state index in [0.717, 1.165) is 29.9 Å². The van der Waals surface area contributed by atoms with Gasteiger partial charge in [0.05, 0.1) is 11.4 Å². The molecule has 0 radical (unpaired) electrons. The van der Waals surface area contributed by atoms with Gasteiger partial charge in [0.1, 0.15) is 12.7 Å². The van der Waals surface area contributed by atoms with Gasteiger partial charge in [-0.15, -0.1) is 0 Å². The van der Waals surface area contributed by atoms with E-state index < -0.39 is 0 Å². The molecule has 1 fully saturated rings. The fraction of sp³-hybridized carbons (Fsp3) is 0.214. The normalized spacial score (nSPS) is 13.7. The SMILES string of the molecule is CC(C(=O)Nc1cc(Cl)ccc1-n1cncn1)=C1CNC1. The first-order chi connectivity index (χ1) is 10.1. The molecule has 6 nitrogen and oxygen atoms in total. The zero-order chi connectivity index (χ0) is 14.8. The zero-order valence-corrected chi connectivity index (χ0v) is 12.2. The molecular weight excluding hydrogens is 290 g/mol. The van der Waals surface area contributed by atoms with Gasteiger partial charge in [-0.2, -0.15) is 5.10 Å². The number of hydrogen-bond acceptors (Lipinski definition) is 4. The molecule has 0 atom stereocenters. The van der Waals surface area contributed by atoms with Gasteiger partial charge < -0.3 is 10.6 Å². The molecule has 1 aliphatic heterocycles. The molecule has 1 aromatic carbocycles. The fourth-order valence-corrected chi connectivity index (χ4v) is 2.20. The molecule has 21 heavy (non-hydrogen) atoms. The lowest BCUT2D eigenvalue weighted by Gasteiger charge is -2.21. The van der Waals surface area contributed by atoms with E-state index in [1.165, 1.54) is 6.33 Å². The molecule has 3 rings (SSSR count). The summed E-state index contributed by atoms with van der Waals surface area (Å²) in [5, 5.41) is 10.6. The summed E-state index contributed by atoms with van der Waals surface area (Å²) in [4.78, 5) is 16.2. The number of benzene rings is 1. The molecule has 0 bridgehead atoms. The third-order valence-electron chi connectivity index (χ3n) is 3.42. The summed E-state index contributed by atoms with van der Waals surface area (Å²) in [5.41, 5.74) is 3.18. The molecule has 0 spiro atoms. The molecule has 1 amide bonds. The molecule has 108 valence electrons. The molecular formula is C14H14ClN5O. The van der Waals surface area contributed by atoms with E-state index in [2.05, 4.69) is 20.7 Å². The molecule has 0 saturated carbocycles. The maximum Gasteiger partial charge on any atom is 0.251 e. The number of nitrogens with one attached hydrogen (secondary N) is 2. The first-order valence-electron chi connectivity index (χ1n) is 6.50. The minimum Gasteiger partial charge on any atom is -0.320 e. The summed E-state index contributed by atoms with van der Waals surface area (Å²) >= 11 is 6.02. The van der Waals surface area contributed by atoms with Gasteiger partial charge >= 0.3 is 0 Å². The Balaban J connectivity index is 1.91. The van der Waals surface area contributed by atoms with Gasteiger partial charge in [0.2, 0.25) is 0 Å². The van der Waals surface area contributed by atoms with Crippen molar-refractivity contribution in [1.82, 2.24) is 20.1 Å². The number of anilines is 1. The summed E-state index contributed by atoms with van der Waals surface area (Å²) in [6, 6.07) is 5.24. The van der Waals surface area contributed by atoms with Crippen LogP contribution in [0.4, 0.5) is 5.69 Å². The van der Waals surface area contributed by atoms with Crippen molar-refractivity contribution in [3.8, 4) is 5.69 Å². The van der Waals surface area contributed by atoms with Gasteiger partial charge in [-0.25, -0.2) is 9.67 Å². The summed E-state index contributed by atoms with van der Waals surface area (Å²) in [6.07, 6.45) is 3.01. The maximum absolute atomic E-state index is 12.3. The number of aromatic nitrogens is 3. The second kappa shape index (κ2) is 5.67. The predicted octanol–water partition coefficient (Wildman–Crippen LogP) is 1.78. The van der Waals surface area contributed by atoms with Crippen molar-refractivity contribution >= 4 is 23.2 Å². The molecule has 2 N–H and O–H groups in total. The number of nitrogens with zero attached hydrogens (tertiary/aromatic N) is 3. The smallest absolute Gasteiger partial charge is 0.251 e. The number of carbonyl (C=O) groups excluding carboxylic acids is 1. The number of rotatable bonds is 3. The first-order valence-corrected chi connectivity index (χ1v) is 6.88. The third-order valence-corrected chi connectivity index (χ3v) is 3.66. The van der Waals surface area contributed by atoms with E-state index in [-0.39, 0.29) is 5.91 Å². The van der Waals surface area contributed by atoms with E-state index in [1.54, 1.807) is 29.2 Å². The predicted molar refractivity (Wildman–Crippen MR) is 80.6 cm³/mol. The average Bonchev–Trinajstić information content (AvgIpc) is 2.90. The molecule has 2 aromatic rings. The third kappa shape index (κ3) is 2.81.